The first-order valence-corrected chi connectivity index (χ1v) is 9.36. The van der Waals surface area contributed by atoms with Crippen LogP contribution in [0.5, 0.6) is 0 Å². The average Bonchev–Trinajstić information content (AvgIpc) is 2.96. The minimum atomic E-state index is -4.66. The first kappa shape index (κ1) is 17.8. The van der Waals surface area contributed by atoms with Crippen LogP contribution in [0.4, 0.5) is 5.95 Å². The first-order chi connectivity index (χ1) is 11.2. The number of aliphatic hydroxyl groups excluding tert-OH is 1. The summed E-state index contributed by atoms with van der Waals surface area (Å²) in [4.78, 5) is 36.0. The lowest BCUT2D eigenvalue weighted by Crippen LogP contribution is -2.25. The normalized spacial score (nSPS) is 24.8. The number of aromatic amines is 1. The van der Waals surface area contributed by atoms with Gasteiger partial charge in [-0.3, -0.25) is 14.3 Å². The topological polar surface area (TPSA) is 173 Å². The fraction of sp³-hybridized carbons (Fsp3) is 0.455. The molecular formula is C11H14IN4O7P. The van der Waals surface area contributed by atoms with Gasteiger partial charge >= 0.3 is 7.82 Å². The molecule has 6 N–H and O–H groups in total. The molecule has 1 aliphatic heterocycles. The van der Waals surface area contributed by atoms with Crippen LogP contribution in [-0.2, 0) is 13.8 Å². The number of anilines is 1. The summed E-state index contributed by atoms with van der Waals surface area (Å²) in [6.07, 6.45) is -0.807. The summed E-state index contributed by atoms with van der Waals surface area (Å²) in [6.45, 7) is -0.464. The van der Waals surface area contributed by atoms with E-state index in [0.717, 1.165) is 0 Å². The van der Waals surface area contributed by atoms with Crippen LogP contribution in [0.2, 0.25) is 0 Å². The van der Waals surface area contributed by atoms with Gasteiger partial charge in [0.15, 0.2) is 5.65 Å². The Morgan fingerprint density at radius 1 is 1.58 bits per heavy atom. The number of phosphoric ester groups is 1. The van der Waals surface area contributed by atoms with Gasteiger partial charge in [0, 0.05) is 16.2 Å². The zero-order valence-electron chi connectivity index (χ0n) is 12.0. The average molecular weight is 472 g/mol. The number of H-pyrrole nitrogens is 1. The van der Waals surface area contributed by atoms with Crippen LogP contribution in [0, 0.1) is 3.57 Å². The van der Waals surface area contributed by atoms with E-state index in [4.69, 9.17) is 20.3 Å². The predicted octanol–water partition coefficient (Wildman–Crippen LogP) is -0.331. The van der Waals surface area contributed by atoms with Crippen molar-refractivity contribution in [2.24, 2.45) is 0 Å². The van der Waals surface area contributed by atoms with E-state index in [1.54, 1.807) is 10.8 Å². The number of nitrogens with two attached hydrogens (primary N) is 1. The molecule has 11 nitrogen and oxygen atoms in total. The van der Waals surface area contributed by atoms with E-state index < -0.39 is 32.9 Å². The smallest absolute Gasteiger partial charge is 0.390 e. The lowest BCUT2D eigenvalue weighted by molar-refractivity contribution is -0.0422. The van der Waals surface area contributed by atoms with Crippen LogP contribution in [0.1, 0.15) is 12.6 Å². The zero-order valence-corrected chi connectivity index (χ0v) is 15.0. The molecule has 1 fully saturated rings. The molecule has 0 saturated carbocycles. The number of nitrogen functional groups attached to an aromatic ring is 1. The van der Waals surface area contributed by atoms with Gasteiger partial charge in [-0.25, -0.2) is 4.57 Å². The van der Waals surface area contributed by atoms with E-state index in [1.807, 2.05) is 22.6 Å². The van der Waals surface area contributed by atoms with Gasteiger partial charge in [-0.2, -0.15) is 4.98 Å². The summed E-state index contributed by atoms with van der Waals surface area (Å²) >= 11 is 1.97. The number of phosphoric acid groups is 1. The number of hydrogen-bond acceptors (Lipinski definition) is 7. The third kappa shape index (κ3) is 3.49. The standard InChI is InChI=1S/C11H14IN4O7P/c12-4-2-16(9-8(4)10(18)15-11(13)14-9)7-1-5(17)6(23-7)3-22-24(19,20)21/h2,5-7,17H,1,3H2,(H2,19,20,21)(H3,13,14,15,18)/t5-,6+,7+/m0/s1. The van der Waals surface area contributed by atoms with E-state index in [1.165, 1.54) is 0 Å². The van der Waals surface area contributed by atoms with Gasteiger partial charge < -0.3 is 29.9 Å². The van der Waals surface area contributed by atoms with Gasteiger partial charge in [-0.05, 0) is 22.6 Å². The minimum Gasteiger partial charge on any atom is -0.390 e. The molecule has 2 aromatic heterocycles. The molecule has 24 heavy (non-hydrogen) atoms. The molecule has 3 rings (SSSR count). The first-order valence-electron chi connectivity index (χ1n) is 6.75. The molecule has 0 aliphatic carbocycles. The minimum absolute atomic E-state index is 0.0526. The Balaban J connectivity index is 1.89. The maximum atomic E-state index is 12.0. The third-order valence-electron chi connectivity index (χ3n) is 3.58. The molecule has 0 unspecified atom stereocenters. The van der Waals surface area contributed by atoms with E-state index in [2.05, 4.69) is 14.5 Å². The molecule has 13 heteroatoms. The van der Waals surface area contributed by atoms with Gasteiger partial charge in [0.1, 0.15) is 12.3 Å². The fourth-order valence-electron chi connectivity index (χ4n) is 2.55. The van der Waals surface area contributed by atoms with Gasteiger partial charge in [-0.15, -0.1) is 0 Å². The maximum absolute atomic E-state index is 12.0. The predicted molar refractivity (Wildman–Crippen MR) is 90.0 cm³/mol. The molecule has 3 heterocycles. The second kappa shape index (κ2) is 6.37. The number of ether oxygens (including phenoxy) is 1. The van der Waals surface area contributed by atoms with Crippen molar-refractivity contribution in [2.75, 3.05) is 12.3 Å². The van der Waals surface area contributed by atoms with E-state index in [9.17, 15) is 14.5 Å². The highest BCUT2D eigenvalue weighted by molar-refractivity contribution is 14.1. The summed E-state index contributed by atoms with van der Waals surface area (Å²) < 4.78 is 22.9. The highest BCUT2D eigenvalue weighted by Crippen LogP contribution is 2.39. The van der Waals surface area contributed by atoms with Crippen molar-refractivity contribution >= 4 is 47.4 Å². The highest BCUT2D eigenvalue weighted by Gasteiger charge is 2.37. The Morgan fingerprint density at radius 2 is 2.29 bits per heavy atom. The summed E-state index contributed by atoms with van der Waals surface area (Å²) in [5.74, 6) is -0.0526. The molecule has 2 aromatic rings. The quantitative estimate of drug-likeness (QED) is 0.295. The van der Waals surface area contributed by atoms with Crippen molar-refractivity contribution in [3.8, 4) is 0 Å². The van der Waals surface area contributed by atoms with Crippen molar-refractivity contribution in [3.05, 3.63) is 20.1 Å². The lowest BCUT2D eigenvalue weighted by Gasteiger charge is -2.16. The molecule has 1 saturated heterocycles. The van der Waals surface area contributed by atoms with Crippen LogP contribution >= 0.6 is 30.4 Å². The van der Waals surface area contributed by atoms with Crippen molar-refractivity contribution in [3.63, 3.8) is 0 Å². The Labute approximate surface area is 148 Å². The van der Waals surface area contributed by atoms with Gasteiger partial charge in [-0.1, -0.05) is 0 Å². The third-order valence-corrected chi connectivity index (χ3v) is 4.88. The maximum Gasteiger partial charge on any atom is 0.469 e. The Hall–Kier alpha value is -1.02. The number of rotatable bonds is 4. The molecule has 3 atom stereocenters. The monoisotopic (exact) mass is 472 g/mol. The van der Waals surface area contributed by atoms with Crippen molar-refractivity contribution in [1.82, 2.24) is 14.5 Å². The molecule has 0 aromatic carbocycles. The Kier molecular flexibility index (Phi) is 4.72. The number of fused-ring (bicyclic) bond motifs is 1. The summed E-state index contributed by atoms with van der Waals surface area (Å²) in [5, 5.41) is 10.4. The van der Waals surface area contributed by atoms with Crippen LogP contribution in [0.25, 0.3) is 11.0 Å². The summed E-state index contributed by atoms with van der Waals surface area (Å²) in [6, 6.07) is 0. The Bertz CT molecular complexity index is 877. The molecule has 0 radical (unpaired) electrons. The lowest BCUT2D eigenvalue weighted by atomic mass is 10.2. The van der Waals surface area contributed by atoms with Crippen LogP contribution in [0.3, 0.4) is 0 Å². The van der Waals surface area contributed by atoms with E-state index in [0.29, 0.717) is 14.6 Å². The number of nitrogens with one attached hydrogen (secondary N) is 1. The molecule has 0 spiro atoms. The second-order valence-corrected chi connectivity index (χ2v) is 7.65. The zero-order chi connectivity index (χ0) is 17.6. The van der Waals surface area contributed by atoms with Crippen molar-refractivity contribution in [2.45, 2.75) is 24.9 Å². The van der Waals surface area contributed by atoms with Crippen molar-refractivity contribution < 1.29 is 28.7 Å². The molecule has 1 aliphatic rings. The fourth-order valence-corrected chi connectivity index (χ4v) is 3.68. The van der Waals surface area contributed by atoms with E-state index in [-0.39, 0.29) is 17.9 Å². The summed E-state index contributed by atoms with van der Waals surface area (Å²) in [5.41, 5.74) is 5.48. The summed E-state index contributed by atoms with van der Waals surface area (Å²) in [7, 11) is -4.66. The highest BCUT2D eigenvalue weighted by atomic mass is 127. The number of nitrogens with zero attached hydrogens (tertiary/aromatic N) is 2. The van der Waals surface area contributed by atoms with Crippen LogP contribution < -0.4 is 11.3 Å². The largest absolute Gasteiger partial charge is 0.469 e. The number of aromatic nitrogens is 3. The molecule has 0 bridgehead atoms. The number of hydrogen-bond donors (Lipinski definition) is 5. The van der Waals surface area contributed by atoms with Crippen molar-refractivity contribution in [1.29, 1.82) is 0 Å². The Morgan fingerprint density at radius 3 is 2.96 bits per heavy atom. The number of aliphatic hydroxyl groups is 1. The number of halogens is 1. The second-order valence-electron chi connectivity index (χ2n) is 5.25. The molecule has 0 amide bonds. The van der Waals surface area contributed by atoms with Gasteiger partial charge in [0.2, 0.25) is 5.95 Å². The van der Waals surface area contributed by atoms with Gasteiger partial charge in [0.05, 0.1) is 18.1 Å². The van der Waals surface area contributed by atoms with Crippen LogP contribution in [0.15, 0.2) is 11.0 Å². The van der Waals surface area contributed by atoms with Gasteiger partial charge in [0.25, 0.3) is 5.56 Å². The SMILES string of the molecule is Nc1nc2c(c(I)cn2[C@H]2C[C@H](O)[C@@H](COP(=O)(O)O)O2)c(=O)[nH]1. The molecular weight excluding hydrogens is 458 g/mol. The molecule has 132 valence electrons. The van der Waals surface area contributed by atoms with Crippen LogP contribution in [-0.4, -0.2) is 48.2 Å². The van der Waals surface area contributed by atoms with E-state index >= 15 is 0 Å².